The number of carbonyl (C=O) groups is 1. The van der Waals surface area contributed by atoms with Crippen molar-refractivity contribution in [2.45, 2.75) is 23.4 Å². The zero-order valence-corrected chi connectivity index (χ0v) is 18.2. The number of hydrogen-bond donors (Lipinski definition) is 0. The number of piperidine rings is 1. The van der Waals surface area contributed by atoms with Crippen molar-refractivity contribution >= 4 is 43.5 Å². The van der Waals surface area contributed by atoms with Crippen LogP contribution in [0.2, 0.25) is 5.02 Å². The van der Waals surface area contributed by atoms with Crippen molar-refractivity contribution in [2.24, 2.45) is 0 Å². The van der Waals surface area contributed by atoms with Crippen LogP contribution >= 0.6 is 27.5 Å². The number of nitrogens with zero attached hydrogens (tertiary/aromatic N) is 1. The molecule has 0 amide bonds. The van der Waals surface area contributed by atoms with Gasteiger partial charge in [0.15, 0.2) is 0 Å². The highest BCUT2D eigenvalue weighted by atomic mass is 79.9. The minimum atomic E-state index is -3.92. The number of esters is 1. The second-order valence-corrected chi connectivity index (χ2v) is 9.71. The van der Waals surface area contributed by atoms with E-state index in [1.807, 2.05) is 0 Å². The molecule has 0 N–H and O–H groups in total. The van der Waals surface area contributed by atoms with E-state index in [0.29, 0.717) is 20.6 Å². The van der Waals surface area contributed by atoms with Crippen LogP contribution in [0.25, 0.3) is 11.1 Å². The number of sulfonamides is 1. The zero-order chi connectivity index (χ0) is 20.5. The predicted octanol–water partition coefficient (Wildman–Crippen LogP) is 4.44. The lowest BCUT2D eigenvalue weighted by Crippen LogP contribution is -2.48. The van der Waals surface area contributed by atoms with Gasteiger partial charge in [-0.2, -0.15) is 4.31 Å². The molecule has 0 saturated carbocycles. The van der Waals surface area contributed by atoms with E-state index in [4.69, 9.17) is 11.6 Å². The summed E-state index contributed by atoms with van der Waals surface area (Å²) in [6, 6.07) is 11.8. The van der Waals surface area contributed by atoms with E-state index in [-0.39, 0.29) is 30.8 Å². The first-order chi connectivity index (χ1) is 13.2. The summed E-state index contributed by atoms with van der Waals surface area (Å²) in [4.78, 5) is 11.7. The van der Waals surface area contributed by atoms with Crippen LogP contribution in [-0.4, -0.2) is 44.6 Å². The van der Waals surface area contributed by atoms with Gasteiger partial charge in [-0.3, -0.25) is 0 Å². The second kappa shape index (κ2) is 8.10. The third-order valence-electron chi connectivity index (χ3n) is 4.79. The second-order valence-electron chi connectivity index (χ2n) is 6.48. The quantitative estimate of drug-likeness (QED) is 0.595. The Hall–Kier alpha value is -1.48. The van der Waals surface area contributed by atoms with Crippen LogP contribution in [0.15, 0.2) is 51.8 Å². The molecule has 28 heavy (non-hydrogen) atoms. The maximum Gasteiger partial charge on any atom is 0.343 e. The average molecular weight is 491 g/mol. The number of ether oxygens (including phenoxy) is 1. The molecule has 1 aliphatic rings. The molecule has 0 unspecified atom stereocenters. The largest absolute Gasteiger partial charge is 0.467 e. The third kappa shape index (κ3) is 3.96. The Morgan fingerprint density at radius 2 is 1.82 bits per heavy atom. The molecule has 150 valence electrons. The monoisotopic (exact) mass is 489 g/mol. The highest BCUT2D eigenvalue weighted by Crippen LogP contribution is 2.37. The molecular formula is C19H18BrClFNO4S. The lowest BCUT2D eigenvalue weighted by Gasteiger charge is -2.34. The topological polar surface area (TPSA) is 63.7 Å². The number of rotatable bonds is 4. The average Bonchev–Trinajstić information content (AvgIpc) is 2.67. The van der Waals surface area contributed by atoms with E-state index < -0.39 is 21.7 Å². The van der Waals surface area contributed by atoms with Crippen molar-refractivity contribution < 1.29 is 22.3 Å². The van der Waals surface area contributed by atoms with E-state index in [2.05, 4.69) is 20.7 Å². The van der Waals surface area contributed by atoms with E-state index in [9.17, 15) is 17.6 Å². The first kappa shape index (κ1) is 21.2. The van der Waals surface area contributed by atoms with Crippen LogP contribution < -0.4 is 0 Å². The van der Waals surface area contributed by atoms with Gasteiger partial charge in [0.1, 0.15) is 0 Å². The van der Waals surface area contributed by atoms with Gasteiger partial charge in [0, 0.05) is 46.6 Å². The summed E-state index contributed by atoms with van der Waals surface area (Å²) < 4.78 is 47.6. The SMILES string of the molecule is COC(=O)C1(F)CCN(S(=O)(=O)c2ccc(Br)cc2-c2ccccc2Cl)CC1. The summed E-state index contributed by atoms with van der Waals surface area (Å²) in [5, 5.41) is 0.421. The standard InChI is InChI=1S/C19H18BrClFNO4S/c1-27-18(24)19(22)8-10-23(11-9-19)28(25,26)17-7-6-13(20)12-15(17)14-4-2-3-5-16(14)21/h2-7,12H,8-11H2,1H3. The fraction of sp³-hybridized carbons (Fsp3) is 0.316. The van der Waals surface area contributed by atoms with Crippen LogP contribution in [0.1, 0.15) is 12.8 Å². The molecule has 0 aliphatic carbocycles. The van der Waals surface area contributed by atoms with E-state index >= 15 is 0 Å². The molecule has 0 radical (unpaired) electrons. The number of methoxy groups -OCH3 is 1. The van der Waals surface area contributed by atoms with Gasteiger partial charge in [-0.15, -0.1) is 0 Å². The minimum Gasteiger partial charge on any atom is -0.467 e. The number of benzene rings is 2. The summed E-state index contributed by atoms with van der Waals surface area (Å²) >= 11 is 9.65. The molecule has 5 nitrogen and oxygen atoms in total. The van der Waals surface area contributed by atoms with E-state index in [1.54, 1.807) is 36.4 Å². The molecule has 0 aromatic heterocycles. The third-order valence-corrected chi connectivity index (χ3v) is 7.57. The molecule has 1 heterocycles. The maximum absolute atomic E-state index is 14.7. The van der Waals surface area contributed by atoms with Gasteiger partial charge in [-0.05, 0) is 24.3 Å². The van der Waals surface area contributed by atoms with Crippen molar-refractivity contribution in [1.82, 2.24) is 4.31 Å². The summed E-state index contributed by atoms with van der Waals surface area (Å²) in [5.41, 5.74) is -1.13. The van der Waals surface area contributed by atoms with E-state index in [0.717, 1.165) is 7.11 Å². The Balaban J connectivity index is 1.98. The fourth-order valence-corrected chi connectivity index (χ4v) is 5.45. The van der Waals surface area contributed by atoms with Crippen molar-refractivity contribution in [3.63, 3.8) is 0 Å². The molecule has 0 spiro atoms. The molecule has 1 saturated heterocycles. The fourth-order valence-electron chi connectivity index (χ4n) is 3.22. The highest BCUT2D eigenvalue weighted by Gasteiger charge is 2.45. The summed E-state index contributed by atoms with van der Waals surface area (Å²) in [6.07, 6.45) is -0.506. The lowest BCUT2D eigenvalue weighted by atomic mass is 9.95. The normalized spacial score (nSPS) is 17.3. The van der Waals surface area contributed by atoms with Crippen molar-refractivity contribution in [3.05, 3.63) is 52.0 Å². The Morgan fingerprint density at radius 1 is 1.18 bits per heavy atom. The van der Waals surface area contributed by atoms with Crippen LogP contribution in [0.5, 0.6) is 0 Å². The van der Waals surface area contributed by atoms with Gasteiger partial charge in [-0.1, -0.05) is 45.7 Å². The lowest BCUT2D eigenvalue weighted by molar-refractivity contribution is -0.157. The number of hydrogen-bond acceptors (Lipinski definition) is 4. The first-order valence-corrected chi connectivity index (χ1v) is 11.1. The molecule has 0 atom stereocenters. The maximum atomic E-state index is 14.7. The first-order valence-electron chi connectivity index (χ1n) is 8.51. The molecule has 2 aromatic rings. The molecule has 2 aromatic carbocycles. The van der Waals surface area contributed by atoms with Crippen molar-refractivity contribution in [2.75, 3.05) is 20.2 Å². The van der Waals surface area contributed by atoms with Crippen LogP contribution in [0.4, 0.5) is 4.39 Å². The summed E-state index contributed by atoms with van der Waals surface area (Å²) in [7, 11) is -2.81. The van der Waals surface area contributed by atoms with Crippen LogP contribution in [0, 0.1) is 0 Å². The smallest absolute Gasteiger partial charge is 0.343 e. The molecule has 1 fully saturated rings. The van der Waals surface area contributed by atoms with Crippen molar-refractivity contribution in [3.8, 4) is 11.1 Å². The highest BCUT2D eigenvalue weighted by molar-refractivity contribution is 9.10. The Bertz CT molecular complexity index is 1010. The van der Waals surface area contributed by atoms with Gasteiger partial charge in [0.05, 0.1) is 12.0 Å². The van der Waals surface area contributed by atoms with E-state index in [1.165, 1.54) is 10.4 Å². The molecule has 1 aliphatic heterocycles. The van der Waals surface area contributed by atoms with Crippen molar-refractivity contribution in [1.29, 1.82) is 0 Å². The van der Waals surface area contributed by atoms with Gasteiger partial charge in [0.25, 0.3) is 0 Å². The van der Waals surface area contributed by atoms with Crippen LogP contribution in [-0.2, 0) is 19.6 Å². The number of carbonyl (C=O) groups excluding carboxylic acids is 1. The zero-order valence-electron chi connectivity index (χ0n) is 15.0. The summed E-state index contributed by atoms with van der Waals surface area (Å²) in [5.74, 6) is -0.968. The molecule has 3 rings (SSSR count). The predicted molar refractivity (Wildman–Crippen MR) is 108 cm³/mol. The van der Waals surface area contributed by atoms with Crippen LogP contribution in [0.3, 0.4) is 0 Å². The Morgan fingerprint density at radius 3 is 2.43 bits per heavy atom. The molecule has 0 bridgehead atoms. The minimum absolute atomic E-state index is 0.0771. The molecule has 9 heteroatoms. The Kier molecular flexibility index (Phi) is 6.14. The Labute approximate surface area is 176 Å². The number of halogens is 3. The molecular weight excluding hydrogens is 473 g/mol. The summed E-state index contributed by atoms with van der Waals surface area (Å²) in [6.45, 7) is -0.238. The van der Waals surface area contributed by atoms with Gasteiger partial charge in [-0.25, -0.2) is 17.6 Å². The van der Waals surface area contributed by atoms with Gasteiger partial charge in [0.2, 0.25) is 15.7 Å². The van der Waals surface area contributed by atoms with Gasteiger partial charge >= 0.3 is 5.97 Å². The number of alkyl halides is 1. The van der Waals surface area contributed by atoms with Gasteiger partial charge < -0.3 is 4.74 Å².